The summed E-state index contributed by atoms with van der Waals surface area (Å²) < 4.78 is 18.4. The summed E-state index contributed by atoms with van der Waals surface area (Å²) in [4.78, 5) is 0. The molecule has 1 N–H and O–H groups in total. The summed E-state index contributed by atoms with van der Waals surface area (Å²) in [5.74, 6) is 0.372. The third-order valence-electron chi connectivity index (χ3n) is 2.25. The third kappa shape index (κ3) is 3.20. The van der Waals surface area contributed by atoms with E-state index in [4.69, 9.17) is 4.74 Å². The van der Waals surface area contributed by atoms with Crippen LogP contribution in [0.4, 0.5) is 4.39 Å². The van der Waals surface area contributed by atoms with Gasteiger partial charge in [0.15, 0.2) is 0 Å². The van der Waals surface area contributed by atoms with Gasteiger partial charge in [0, 0.05) is 17.7 Å². The van der Waals surface area contributed by atoms with Crippen molar-refractivity contribution in [1.29, 1.82) is 0 Å². The van der Waals surface area contributed by atoms with E-state index >= 15 is 0 Å². The molecule has 0 spiro atoms. The third-order valence-corrected chi connectivity index (χ3v) is 2.25. The number of nitrogens with one attached hydrogen (secondary N) is 1. The molecule has 2 nitrogen and oxygen atoms in total. The van der Waals surface area contributed by atoms with Crippen molar-refractivity contribution >= 4 is 0 Å². The lowest BCUT2D eigenvalue weighted by Crippen LogP contribution is -2.18. The summed E-state index contributed by atoms with van der Waals surface area (Å²) in [6, 6.07) is 4.85. The van der Waals surface area contributed by atoms with E-state index < -0.39 is 0 Å². The fraction of sp³-hybridized carbons (Fsp3) is 0.500. The first-order valence-electron chi connectivity index (χ1n) is 5.34. The first-order chi connectivity index (χ1) is 7.19. The summed E-state index contributed by atoms with van der Waals surface area (Å²) in [5, 5.41) is 3.28. The molecule has 0 radical (unpaired) electrons. The van der Waals surface area contributed by atoms with Crippen LogP contribution in [0.3, 0.4) is 0 Å². The highest BCUT2D eigenvalue weighted by Gasteiger charge is 2.11. The summed E-state index contributed by atoms with van der Waals surface area (Å²) >= 11 is 0. The van der Waals surface area contributed by atoms with Crippen molar-refractivity contribution in [3.63, 3.8) is 0 Å². The fourth-order valence-electron chi connectivity index (χ4n) is 1.56. The molecule has 0 amide bonds. The summed E-state index contributed by atoms with van der Waals surface area (Å²) in [6.45, 7) is 7.41. The molecule has 0 heterocycles. The van der Waals surface area contributed by atoms with E-state index in [1.807, 2.05) is 20.8 Å². The second-order valence-corrected chi connectivity index (χ2v) is 3.39. The number of benzene rings is 1. The molecular weight excluding hydrogens is 193 g/mol. The predicted molar refractivity (Wildman–Crippen MR) is 59.7 cm³/mol. The standard InChI is InChI=1S/C12H18FNO/c1-4-14-9(3)11-7-6-10(13)8-12(11)15-5-2/h6-9,14H,4-5H2,1-3H3. The van der Waals surface area contributed by atoms with E-state index in [-0.39, 0.29) is 11.9 Å². The first kappa shape index (κ1) is 12.0. The maximum Gasteiger partial charge on any atom is 0.126 e. The minimum Gasteiger partial charge on any atom is -0.493 e. The Kier molecular flexibility index (Phi) is 4.56. The lowest BCUT2D eigenvalue weighted by Gasteiger charge is -2.17. The van der Waals surface area contributed by atoms with Gasteiger partial charge in [-0.1, -0.05) is 13.0 Å². The van der Waals surface area contributed by atoms with Gasteiger partial charge in [-0.3, -0.25) is 0 Å². The lowest BCUT2D eigenvalue weighted by molar-refractivity contribution is 0.330. The van der Waals surface area contributed by atoms with Gasteiger partial charge < -0.3 is 10.1 Å². The van der Waals surface area contributed by atoms with Gasteiger partial charge in [0.25, 0.3) is 0 Å². The highest BCUT2D eigenvalue weighted by Crippen LogP contribution is 2.25. The van der Waals surface area contributed by atoms with Crippen molar-refractivity contribution in [3.05, 3.63) is 29.6 Å². The molecule has 0 aliphatic rings. The quantitative estimate of drug-likeness (QED) is 0.808. The molecule has 0 aliphatic heterocycles. The van der Waals surface area contributed by atoms with Crippen LogP contribution >= 0.6 is 0 Å². The van der Waals surface area contributed by atoms with Gasteiger partial charge in [-0.05, 0) is 26.5 Å². The monoisotopic (exact) mass is 211 g/mol. The van der Waals surface area contributed by atoms with Gasteiger partial charge in [0.1, 0.15) is 11.6 Å². The minimum atomic E-state index is -0.258. The summed E-state index contributed by atoms with van der Waals surface area (Å²) in [6.07, 6.45) is 0. The van der Waals surface area contributed by atoms with Crippen molar-refractivity contribution in [2.45, 2.75) is 26.8 Å². The van der Waals surface area contributed by atoms with Crippen LogP contribution in [0.1, 0.15) is 32.4 Å². The molecule has 1 atom stereocenters. The molecular formula is C12H18FNO. The smallest absolute Gasteiger partial charge is 0.126 e. The van der Waals surface area contributed by atoms with E-state index in [2.05, 4.69) is 5.32 Å². The highest BCUT2D eigenvalue weighted by atomic mass is 19.1. The normalized spacial score (nSPS) is 12.5. The van der Waals surface area contributed by atoms with Crippen LogP contribution in [0, 0.1) is 5.82 Å². The Balaban J connectivity index is 2.93. The van der Waals surface area contributed by atoms with Crippen LogP contribution in [0.2, 0.25) is 0 Å². The Bertz CT molecular complexity index is 314. The average molecular weight is 211 g/mol. The van der Waals surface area contributed by atoms with E-state index in [0.717, 1.165) is 12.1 Å². The van der Waals surface area contributed by atoms with Crippen LogP contribution in [-0.2, 0) is 0 Å². The number of ether oxygens (including phenoxy) is 1. The van der Waals surface area contributed by atoms with Crippen molar-refractivity contribution < 1.29 is 9.13 Å². The topological polar surface area (TPSA) is 21.3 Å². The minimum absolute atomic E-state index is 0.178. The number of hydrogen-bond acceptors (Lipinski definition) is 2. The van der Waals surface area contributed by atoms with Gasteiger partial charge in [-0.2, -0.15) is 0 Å². The van der Waals surface area contributed by atoms with Crippen LogP contribution in [0.5, 0.6) is 5.75 Å². The molecule has 0 saturated carbocycles. The zero-order chi connectivity index (χ0) is 11.3. The van der Waals surface area contributed by atoms with E-state index in [0.29, 0.717) is 12.4 Å². The molecule has 0 aliphatic carbocycles. The van der Waals surface area contributed by atoms with Crippen molar-refractivity contribution in [1.82, 2.24) is 5.32 Å². The first-order valence-corrected chi connectivity index (χ1v) is 5.34. The van der Waals surface area contributed by atoms with Crippen LogP contribution in [0.25, 0.3) is 0 Å². The molecule has 0 aromatic heterocycles. The van der Waals surface area contributed by atoms with E-state index in [9.17, 15) is 4.39 Å². The lowest BCUT2D eigenvalue weighted by atomic mass is 10.1. The second-order valence-electron chi connectivity index (χ2n) is 3.39. The molecule has 0 fully saturated rings. The van der Waals surface area contributed by atoms with Crippen molar-refractivity contribution in [3.8, 4) is 5.75 Å². The Morgan fingerprint density at radius 3 is 2.73 bits per heavy atom. The highest BCUT2D eigenvalue weighted by molar-refractivity contribution is 5.36. The molecule has 84 valence electrons. The van der Waals surface area contributed by atoms with Gasteiger partial charge in [0.05, 0.1) is 6.61 Å². The van der Waals surface area contributed by atoms with Crippen LogP contribution in [-0.4, -0.2) is 13.2 Å². The second kappa shape index (κ2) is 5.71. The Labute approximate surface area is 90.4 Å². The maximum atomic E-state index is 13.0. The Morgan fingerprint density at radius 2 is 2.13 bits per heavy atom. The molecule has 1 rings (SSSR count). The van der Waals surface area contributed by atoms with Gasteiger partial charge >= 0.3 is 0 Å². The number of rotatable bonds is 5. The van der Waals surface area contributed by atoms with Crippen molar-refractivity contribution in [2.24, 2.45) is 0 Å². The summed E-state index contributed by atoms with van der Waals surface area (Å²) in [5.41, 5.74) is 1.00. The molecule has 15 heavy (non-hydrogen) atoms. The van der Waals surface area contributed by atoms with Crippen LogP contribution in [0.15, 0.2) is 18.2 Å². The molecule has 1 aromatic rings. The van der Waals surface area contributed by atoms with Crippen LogP contribution < -0.4 is 10.1 Å². The molecule has 0 saturated heterocycles. The zero-order valence-corrected chi connectivity index (χ0v) is 9.51. The molecule has 1 aromatic carbocycles. The maximum absolute atomic E-state index is 13.0. The Hall–Kier alpha value is -1.09. The van der Waals surface area contributed by atoms with Crippen molar-refractivity contribution in [2.75, 3.05) is 13.2 Å². The SMILES string of the molecule is CCNC(C)c1ccc(F)cc1OCC. The predicted octanol–water partition coefficient (Wildman–Crippen LogP) is 2.89. The van der Waals surface area contributed by atoms with Gasteiger partial charge in [-0.25, -0.2) is 4.39 Å². The molecule has 3 heteroatoms. The zero-order valence-electron chi connectivity index (χ0n) is 9.51. The number of hydrogen-bond donors (Lipinski definition) is 1. The molecule has 1 unspecified atom stereocenters. The summed E-state index contributed by atoms with van der Waals surface area (Å²) in [7, 11) is 0. The van der Waals surface area contributed by atoms with E-state index in [1.165, 1.54) is 12.1 Å². The van der Waals surface area contributed by atoms with E-state index in [1.54, 1.807) is 6.07 Å². The number of halogens is 1. The van der Waals surface area contributed by atoms with Gasteiger partial charge in [-0.15, -0.1) is 0 Å². The average Bonchev–Trinajstić information content (AvgIpc) is 2.18. The van der Waals surface area contributed by atoms with Gasteiger partial charge in [0.2, 0.25) is 0 Å². The fourth-order valence-corrected chi connectivity index (χ4v) is 1.56. The molecule has 0 bridgehead atoms. The largest absolute Gasteiger partial charge is 0.493 e. The Morgan fingerprint density at radius 1 is 1.40 bits per heavy atom.